The van der Waals surface area contributed by atoms with Gasteiger partial charge in [0.25, 0.3) is 5.91 Å². The number of ether oxygens (including phenoxy) is 1. The van der Waals surface area contributed by atoms with Gasteiger partial charge in [0.1, 0.15) is 17.6 Å². The maximum atomic E-state index is 13.7. The molecule has 1 amide bonds. The van der Waals surface area contributed by atoms with Gasteiger partial charge in [-0.3, -0.25) is 4.79 Å². The molecule has 2 aromatic carbocycles. The van der Waals surface area contributed by atoms with Crippen LogP contribution in [0, 0.1) is 5.82 Å². The number of halogens is 2. The van der Waals surface area contributed by atoms with Crippen LogP contribution in [-0.2, 0) is 4.79 Å². The molecule has 6 nitrogen and oxygen atoms in total. The summed E-state index contributed by atoms with van der Waals surface area (Å²) in [4.78, 5) is 12.3. The van der Waals surface area contributed by atoms with Crippen molar-refractivity contribution >= 4 is 23.7 Å². The van der Waals surface area contributed by atoms with Gasteiger partial charge in [0.15, 0.2) is 0 Å². The molecule has 1 aliphatic heterocycles. The lowest BCUT2D eigenvalue weighted by molar-refractivity contribution is -0.122. The molecule has 8 heteroatoms. The van der Waals surface area contributed by atoms with Crippen LogP contribution in [0.1, 0.15) is 36.9 Å². The van der Waals surface area contributed by atoms with Crippen LogP contribution in [0.25, 0.3) is 0 Å². The van der Waals surface area contributed by atoms with Gasteiger partial charge in [0, 0.05) is 11.6 Å². The molecule has 0 radical (unpaired) electrons. The van der Waals surface area contributed by atoms with Crippen molar-refractivity contribution in [2.24, 2.45) is 5.10 Å². The van der Waals surface area contributed by atoms with E-state index >= 15 is 0 Å². The van der Waals surface area contributed by atoms with Crippen LogP contribution in [0.5, 0.6) is 5.75 Å². The van der Waals surface area contributed by atoms with E-state index in [0.717, 1.165) is 17.7 Å². The van der Waals surface area contributed by atoms with E-state index in [1.807, 2.05) is 24.3 Å². The molecular formula is C20H22ClFN4O2. The van der Waals surface area contributed by atoms with E-state index in [4.69, 9.17) is 16.3 Å². The smallest absolute Gasteiger partial charge is 0.258 e. The fraction of sp³-hybridized carbons (Fsp3) is 0.300. The SMILES string of the molecule is CCCOc1ccc(C2CC(C(=O)N/N=C/c3c(F)cccc3Cl)NN2)cc1. The zero-order chi connectivity index (χ0) is 19.9. The maximum Gasteiger partial charge on any atom is 0.258 e. The summed E-state index contributed by atoms with van der Waals surface area (Å²) in [7, 11) is 0. The number of nitrogens with zero attached hydrogens (tertiary/aromatic N) is 1. The lowest BCUT2D eigenvalue weighted by Gasteiger charge is -2.11. The van der Waals surface area contributed by atoms with Crippen molar-refractivity contribution in [2.45, 2.75) is 31.8 Å². The first kappa shape index (κ1) is 20.3. The molecular weight excluding hydrogens is 383 g/mol. The van der Waals surface area contributed by atoms with Crippen LogP contribution in [0.2, 0.25) is 5.02 Å². The molecule has 0 saturated carbocycles. The molecule has 0 aromatic heterocycles. The number of hydrazine groups is 1. The number of carbonyl (C=O) groups is 1. The van der Waals surface area contributed by atoms with E-state index in [1.165, 1.54) is 18.3 Å². The molecule has 28 heavy (non-hydrogen) atoms. The first-order chi connectivity index (χ1) is 13.6. The highest BCUT2D eigenvalue weighted by Gasteiger charge is 2.30. The number of rotatable bonds is 7. The summed E-state index contributed by atoms with van der Waals surface area (Å²) in [5.41, 5.74) is 9.66. The van der Waals surface area contributed by atoms with Crippen molar-refractivity contribution in [2.75, 3.05) is 6.61 Å². The Kier molecular flexibility index (Phi) is 6.97. The number of hydrazone groups is 1. The van der Waals surface area contributed by atoms with Crippen LogP contribution in [-0.4, -0.2) is 24.8 Å². The third-order valence-electron chi connectivity index (χ3n) is 4.34. The Morgan fingerprint density at radius 2 is 2.11 bits per heavy atom. The normalized spacial score (nSPS) is 19.1. The van der Waals surface area contributed by atoms with E-state index in [2.05, 4.69) is 28.3 Å². The monoisotopic (exact) mass is 404 g/mol. The summed E-state index contributed by atoms with van der Waals surface area (Å²) in [5, 5.41) is 4.04. The second kappa shape index (κ2) is 9.64. The van der Waals surface area contributed by atoms with Crippen LogP contribution in [0.4, 0.5) is 4.39 Å². The van der Waals surface area contributed by atoms with Gasteiger partial charge in [-0.15, -0.1) is 0 Å². The number of carbonyl (C=O) groups excluding carboxylic acids is 1. The van der Waals surface area contributed by atoms with Crippen molar-refractivity contribution in [3.8, 4) is 5.75 Å². The minimum atomic E-state index is -0.502. The first-order valence-electron chi connectivity index (χ1n) is 9.09. The number of hydrogen-bond acceptors (Lipinski definition) is 5. The minimum Gasteiger partial charge on any atom is -0.494 e. The van der Waals surface area contributed by atoms with E-state index < -0.39 is 11.9 Å². The topological polar surface area (TPSA) is 74.8 Å². The van der Waals surface area contributed by atoms with Gasteiger partial charge in [-0.05, 0) is 42.7 Å². The van der Waals surface area contributed by atoms with Gasteiger partial charge in [0.05, 0.1) is 17.8 Å². The maximum absolute atomic E-state index is 13.7. The van der Waals surface area contributed by atoms with Crippen LogP contribution in [0.15, 0.2) is 47.6 Å². The number of hydrogen-bond donors (Lipinski definition) is 3. The molecule has 0 bridgehead atoms. The molecule has 0 spiro atoms. The predicted octanol–water partition coefficient (Wildman–Crippen LogP) is 3.33. The lowest BCUT2D eigenvalue weighted by atomic mass is 10.0. The number of amides is 1. The van der Waals surface area contributed by atoms with E-state index in [-0.39, 0.29) is 22.5 Å². The molecule has 0 aliphatic carbocycles. The largest absolute Gasteiger partial charge is 0.494 e. The lowest BCUT2D eigenvalue weighted by Crippen LogP contribution is -2.41. The Morgan fingerprint density at radius 1 is 1.32 bits per heavy atom. The minimum absolute atomic E-state index is 0.0130. The van der Waals surface area contributed by atoms with Gasteiger partial charge < -0.3 is 4.74 Å². The molecule has 1 aliphatic rings. The fourth-order valence-corrected chi connectivity index (χ4v) is 3.05. The van der Waals surface area contributed by atoms with Gasteiger partial charge in [0.2, 0.25) is 0 Å². The Labute approximate surface area is 168 Å². The van der Waals surface area contributed by atoms with Gasteiger partial charge in [-0.25, -0.2) is 20.7 Å². The number of benzene rings is 2. The fourth-order valence-electron chi connectivity index (χ4n) is 2.84. The summed E-state index contributed by atoms with van der Waals surface area (Å²) < 4.78 is 19.3. The van der Waals surface area contributed by atoms with E-state index in [0.29, 0.717) is 13.0 Å². The number of nitrogens with one attached hydrogen (secondary N) is 3. The molecule has 3 rings (SSSR count). The van der Waals surface area contributed by atoms with Crippen LogP contribution in [0.3, 0.4) is 0 Å². The van der Waals surface area contributed by atoms with Crippen molar-refractivity contribution in [3.05, 3.63) is 64.4 Å². The molecule has 3 N–H and O–H groups in total. The van der Waals surface area contributed by atoms with Crippen LogP contribution < -0.4 is 21.0 Å². The van der Waals surface area contributed by atoms with E-state index in [9.17, 15) is 9.18 Å². The molecule has 2 atom stereocenters. The molecule has 148 valence electrons. The highest BCUT2D eigenvalue weighted by molar-refractivity contribution is 6.33. The average Bonchev–Trinajstić information content (AvgIpc) is 3.19. The summed E-state index contributed by atoms with van der Waals surface area (Å²) in [6, 6.07) is 11.6. The van der Waals surface area contributed by atoms with Crippen molar-refractivity contribution in [3.63, 3.8) is 0 Å². The Bertz CT molecular complexity index is 824. The summed E-state index contributed by atoms with van der Waals surface area (Å²) in [6.45, 7) is 2.74. The third kappa shape index (κ3) is 5.07. The third-order valence-corrected chi connectivity index (χ3v) is 4.67. The molecule has 2 unspecified atom stereocenters. The van der Waals surface area contributed by atoms with E-state index in [1.54, 1.807) is 6.07 Å². The first-order valence-corrected chi connectivity index (χ1v) is 9.47. The highest BCUT2D eigenvalue weighted by Crippen LogP contribution is 2.24. The summed E-state index contributed by atoms with van der Waals surface area (Å²) >= 11 is 5.92. The Morgan fingerprint density at radius 3 is 2.82 bits per heavy atom. The van der Waals surface area contributed by atoms with Crippen LogP contribution >= 0.6 is 11.6 Å². The summed E-state index contributed by atoms with van der Waals surface area (Å²) in [5.74, 6) is 0.00573. The zero-order valence-corrected chi connectivity index (χ0v) is 16.2. The molecule has 1 saturated heterocycles. The molecule has 2 aromatic rings. The molecule has 1 fully saturated rings. The van der Waals surface area contributed by atoms with Gasteiger partial charge >= 0.3 is 0 Å². The van der Waals surface area contributed by atoms with Crippen molar-refractivity contribution in [1.29, 1.82) is 0 Å². The second-order valence-electron chi connectivity index (χ2n) is 6.42. The predicted molar refractivity (Wildman–Crippen MR) is 107 cm³/mol. The highest BCUT2D eigenvalue weighted by atomic mass is 35.5. The Hall–Kier alpha value is -2.48. The van der Waals surface area contributed by atoms with Crippen molar-refractivity contribution in [1.82, 2.24) is 16.3 Å². The van der Waals surface area contributed by atoms with Gasteiger partial charge in [-0.1, -0.05) is 36.7 Å². The second-order valence-corrected chi connectivity index (χ2v) is 6.82. The standard InChI is InChI=1S/C20H22ClFN4O2/c1-2-10-28-14-8-6-13(7-9-14)18-11-19(25-24-18)20(27)26-23-12-15-16(21)4-3-5-17(15)22/h3-9,12,18-19,24-25H,2,10-11H2,1H3,(H,26,27)/b23-12+. The van der Waals surface area contributed by atoms with Gasteiger partial charge in [-0.2, -0.15) is 5.10 Å². The quantitative estimate of drug-likeness (QED) is 0.489. The average molecular weight is 405 g/mol. The molecule has 1 heterocycles. The Balaban J connectivity index is 1.53. The summed E-state index contributed by atoms with van der Waals surface area (Å²) in [6.07, 6.45) is 2.71. The van der Waals surface area contributed by atoms with Crippen molar-refractivity contribution < 1.29 is 13.9 Å². The zero-order valence-electron chi connectivity index (χ0n) is 15.4.